The van der Waals surface area contributed by atoms with Crippen LogP contribution in [0, 0.1) is 6.92 Å². The van der Waals surface area contributed by atoms with E-state index in [1.807, 2.05) is 6.92 Å². The number of aryl methyl sites for hydroxylation is 2. The maximum atomic E-state index is 13.7. The number of amides is 2. The number of hydrogen-bond acceptors (Lipinski definition) is 6. The van der Waals surface area contributed by atoms with Gasteiger partial charge in [0.05, 0.1) is 16.9 Å². The molecule has 4 heterocycles. The van der Waals surface area contributed by atoms with Crippen LogP contribution in [0.3, 0.4) is 0 Å². The van der Waals surface area contributed by atoms with Crippen molar-refractivity contribution in [2.75, 3.05) is 5.32 Å². The predicted octanol–water partition coefficient (Wildman–Crippen LogP) is 4.25. The third-order valence-electron chi connectivity index (χ3n) is 5.11. The summed E-state index contributed by atoms with van der Waals surface area (Å²) >= 11 is 6.71. The lowest BCUT2D eigenvalue weighted by atomic mass is 10.0. The number of pyridine rings is 1. The molecule has 178 valence electrons. The molecule has 3 N–H and O–H groups in total. The Kier molecular flexibility index (Phi) is 5.85. The van der Waals surface area contributed by atoms with Gasteiger partial charge in [0, 0.05) is 36.4 Å². The van der Waals surface area contributed by atoms with Crippen LogP contribution >= 0.6 is 22.9 Å². The Morgan fingerprint density at radius 3 is 2.53 bits per heavy atom. The van der Waals surface area contributed by atoms with Gasteiger partial charge < -0.3 is 11.1 Å². The summed E-state index contributed by atoms with van der Waals surface area (Å²) in [6.45, 7) is 4.04. The van der Waals surface area contributed by atoms with E-state index in [9.17, 15) is 22.8 Å². The van der Waals surface area contributed by atoms with Crippen molar-refractivity contribution in [3.8, 4) is 11.1 Å². The number of fused-ring (bicyclic) bond motifs is 1. The molecule has 14 heteroatoms. The van der Waals surface area contributed by atoms with E-state index in [-0.39, 0.29) is 37.1 Å². The van der Waals surface area contributed by atoms with Crippen LogP contribution in [-0.2, 0) is 19.8 Å². The van der Waals surface area contributed by atoms with E-state index >= 15 is 0 Å². The number of aromatic nitrogens is 5. The fourth-order valence-electron chi connectivity index (χ4n) is 3.56. The Morgan fingerprint density at radius 2 is 2.00 bits per heavy atom. The van der Waals surface area contributed by atoms with Gasteiger partial charge in [0.2, 0.25) is 0 Å². The summed E-state index contributed by atoms with van der Waals surface area (Å²) in [4.78, 5) is 28.5. The summed E-state index contributed by atoms with van der Waals surface area (Å²) in [5.74, 6) is -1.70. The van der Waals surface area contributed by atoms with E-state index in [1.165, 1.54) is 17.1 Å². The number of primary amides is 1. The normalized spacial score (nSPS) is 11.9. The van der Waals surface area contributed by atoms with Gasteiger partial charge in [-0.25, -0.2) is 4.98 Å². The molecule has 0 saturated heterocycles. The van der Waals surface area contributed by atoms with Crippen LogP contribution < -0.4 is 11.1 Å². The molecule has 2 amide bonds. The quantitative estimate of drug-likeness (QED) is 0.415. The zero-order valence-corrected chi connectivity index (χ0v) is 19.6. The summed E-state index contributed by atoms with van der Waals surface area (Å²) in [6, 6.07) is 0.868. The first-order valence-corrected chi connectivity index (χ1v) is 11.0. The van der Waals surface area contributed by atoms with Gasteiger partial charge in [-0.1, -0.05) is 11.6 Å². The number of rotatable bonds is 5. The smallest absolute Gasteiger partial charge is 0.365 e. The minimum Gasteiger partial charge on any atom is -0.365 e. The molecule has 34 heavy (non-hydrogen) atoms. The molecule has 4 rings (SSSR count). The van der Waals surface area contributed by atoms with Crippen molar-refractivity contribution in [2.45, 2.75) is 26.6 Å². The highest BCUT2D eigenvalue weighted by Gasteiger charge is 2.35. The first-order chi connectivity index (χ1) is 15.9. The number of nitrogens with zero attached hydrogens (tertiary/aromatic N) is 5. The van der Waals surface area contributed by atoms with E-state index in [4.69, 9.17) is 17.3 Å². The number of anilines is 1. The van der Waals surface area contributed by atoms with Crippen molar-refractivity contribution in [1.29, 1.82) is 0 Å². The Bertz CT molecular complexity index is 1450. The Morgan fingerprint density at radius 1 is 1.29 bits per heavy atom. The molecule has 0 aromatic carbocycles. The minimum absolute atomic E-state index is 0.0536. The number of nitrogens with two attached hydrogens (primary N) is 1. The highest BCUT2D eigenvalue weighted by atomic mass is 35.5. The van der Waals surface area contributed by atoms with Gasteiger partial charge in [-0.05, 0) is 25.5 Å². The second kappa shape index (κ2) is 8.40. The molecule has 9 nitrogen and oxygen atoms in total. The van der Waals surface area contributed by atoms with Gasteiger partial charge in [0.15, 0.2) is 5.69 Å². The van der Waals surface area contributed by atoms with Gasteiger partial charge >= 0.3 is 6.18 Å². The molecular formula is C20H17ClF3N7O2S. The molecule has 0 spiro atoms. The zero-order chi connectivity index (χ0) is 24.9. The molecule has 4 aromatic heterocycles. The number of carbonyl (C=O) groups is 2. The molecule has 0 saturated carbocycles. The largest absolute Gasteiger partial charge is 0.433 e. The molecule has 0 radical (unpaired) electrons. The van der Waals surface area contributed by atoms with E-state index in [0.29, 0.717) is 29.1 Å². The second-order valence-corrected chi connectivity index (χ2v) is 8.72. The summed E-state index contributed by atoms with van der Waals surface area (Å²) < 4.78 is 43.9. The van der Waals surface area contributed by atoms with E-state index < -0.39 is 23.7 Å². The molecular weight excluding hydrogens is 495 g/mol. The van der Waals surface area contributed by atoms with Crippen molar-refractivity contribution >= 4 is 50.7 Å². The monoisotopic (exact) mass is 511 g/mol. The average molecular weight is 512 g/mol. The number of halogens is 4. The number of nitrogens with one attached hydrogen (secondary N) is 1. The molecule has 0 atom stereocenters. The fraction of sp³-hybridized carbons (Fsp3) is 0.250. The molecule has 0 aliphatic heterocycles. The van der Waals surface area contributed by atoms with Crippen LogP contribution in [0.1, 0.15) is 38.5 Å². The molecule has 0 bridgehead atoms. The van der Waals surface area contributed by atoms with Crippen LogP contribution in [0.15, 0.2) is 18.5 Å². The van der Waals surface area contributed by atoms with E-state index in [2.05, 4.69) is 20.5 Å². The first-order valence-electron chi connectivity index (χ1n) is 9.80. The van der Waals surface area contributed by atoms with Crippen molar-refractivity contribution in [3.05, 3.63) is 45.4 Å². The Balaban J connectivity index is 2.02. The van der Waals surface area contributed by atoms with Crippen LogP contribution in [0.4, 0.5) is 18.9 Å². The van der Waals surface area contributed by atoms with E-state index in [0.717, 1.165) is 6.07 Å². The third-order valence-corrected chi connectivity index (χ3v) is 6.48. The molecule has 0 aliphatic rings. The maximum Gasteiger partial charge on any atom is 0.433 e. The van der Waals surface area contributed by atoms with Crippen LogP contribution in [0.5, 0.6) is 0 Å². The molecule has 4 aromatic rings. The molecule has 0 unspecified atom stereocenters. The maximum absolute atomic E-state index is 13.7. The summed E-state index contributed by atoms with van der Waals surface area (Å²) in [6.07, 6.45) is -1.92. The van der Waals surface area contributed by atoms with Gasteiger partial charge in [0.25, 0.3) is 11.8 Å². The van der Waals surface area contributed by atoms with Crippen molar-refractivity contribution in [3.63, 3.8) is 0 Å². The topological polar surface area (TPSA) is 121 Å². The van der Waals surface area contributed by atoms with Crippen molar-refractivity contribution in [2.24, 2.45) is 12.8 Å². The highest BCUT2D eigenvalue weighted by molar-refractivity contribution is 7.21. The Hall–Kier alpha value is -3.45. The lowest BCUT2D eigenvalue weighted by Crippen LogP contribution is -2.17. The van der Waals surface area contributed by atoms with Crippen molar-refractivity contribution in [1.82, 2.24) is 24.5 Å². The number of carbonyl (C=O) groups excluding carboxylic acids is 2. The molecule has 0 aliphatic carbocycles. The van der Waals surface area contributed by atoms with Crippen LogP contribution in [0.25, 0.3) is 21.3 Å². The summed E-state index contributed by atoms with van der Waals surface area (Å²) in [5.41, 5.74) is 5.24. The Labute approximate surface area is 199 Å². The summed E-state index contributed by atoms with van der Waals surface area (Å²) in [7, 11) is 1.56. The number of thiophene rings is 1. The van der Waals surface area contributed by atoms with Crippen molar-refractivity contribution < 1.29 is 22.8 Å². The van der Waals surface area contributed by atoms with Crippen LogP contribution in [-0.4, -0.2) is 36.4 Å². The lowest BCUT2D eigenvalue weighted by Gasteiger charge is -2.12. The van der Waals surface area contributed by atoms with Gasteiger partial charge in [-0.15, -0.1) is 11.3 Å². The zero-order valence-electron chi connectivity index (χ0n) is 18.0. The average Bonchev–Trinajstić information content (AvgIpc) is 3.41. The van der Waals surface area contributed by atoms with Crippen LogP contribution in [0.2, 0.25) is 5.02 Å². The van der Waals surface area contributed by atoms with Gasteiger partial charge in [-0.2, -0.15) is 23.4 Å². The van der Waals surface area contributed by atoms with Gasteiger partial charge in [0.1, 0.15) is 15.4 Å². The van der Waals surface area contributed by atoms with E-state index in [1.54, 1.807) is 18.7 Å². The first kappa shape index (κ1) is 23.7. The SMILES string of the molecule is CCn1ncc(-c2cc(C(F)(F)F)nc3sc(C(N)=O)c(NC(=O)c4nn(C)cc4Cl)c23)c1C. The predicted molar refractivity (Wildman–Crippen MR) is 121 cm³/mol. The number of hydrogen-bond donors (Lipinski definition) is 2. The number of alkyl halides is 3. The third kappa shape index (κ3) is 4.01. The minimum atomic E-state index is -4.75. The standard InChI is InChI=1S/C20H17ClF3N7O2S/c1-4-31-8(2)10(6-26-31)9-5-12(20(22,23)24)27-19-13(9)15(16(34-19)17(25)32)28-18(33)14-11(21)7-30(3)29-14/h5-7H,4H2,1-3H3,(H2,25,32)(H,28,33). The highest BCUT2D eigenvalue weighted by Crippen LogP contribution is 2.44. The fourth-order valence-corrected chi connectivity index (χ4v) is 4.84. The molecule has 0 fully saturated rings. The lowest BCUT2D eigenvalue weighted by molar-refractivity contribution is -0.140. The summed E-state index contributed by atoms with van der Waals surface area (Å²) in [5, 5.41) is 10.9. The second-order valence-electron chi connectivity index (χ2n) is 7.32. The van der Waals surface area contributed by atoms with Gasteiger partial charge in [-0.3, -0.25) is 19.0 Å².